The Morgan fingerprint density at radius 3 is 1.86 bits per heavy atom. The Kier molecular flexibility index (Phi) is 7.36. The molecule has 9 rings (SSSR count). The third-order valence-electron chi connectivity index (χ3n) is 10.7. The molecule has 7 aromatic carbocycles. The van der Waals surface area contributed by atoms with Gasteiger partial charge in [-0.2, -0.15) is 0 Å². The van der Waals surface area contributed by atoms with Crippen LogP contribution in [0.1, 0.15) is 43.4 Å². The van der Waals surface area contributed by atoms with Crippen molar-refractivity contribution in [3.05, 3.63) is 193 Å². The van der Waals surface area contributed by atoms with Crippen molar-refractivity contribution in [2.75, 3.05) is 4.90 Å². The number of nitrogens with zero attached hydrogens (tertiary/aromatic N) is 1. The number of benzene rings is 7. The summed E-state index contributed by atoms with van der Waals surface area (Å²) < 4.78 is 0. The molecule has 0 spiro atoms. The normalized spacial score (nSPS) is 14.2. The van der Waals surface area contributed by atoms with Crippen LogP contribution in [0.5, 0.6) is 0 Å². The Morgan fingerprint density at radius 2 is 1.10 bits per heavy atom. The van der Waals surface area contributed by atoms with Crippen molar-refractivity contribution in [2.24, 2.45) is 0 Å². The van der Waals surface area contributed by atoms with Gasteiger partial charge in [0.25, 0.3) is 0 Å². The van der Waals surface area contributed by atoms with Gasteiger partial charge in [-0.05, 0) is 116 Å². The minimum absolute atomic E-state index is 0.0800. The monoisotopic (exact) mass is 641 g/mol. The first kappa shape index (κ1) is 30.2. The van der Waals surface area contributed by atoms with Crippen LogP contribution in [0.4, 0.5) is 17.1 Å². The van der Waals surface area contributed by atoms with Gasteiger partial charge < -0.3 is 4.90 Å². The van der Waals surface area contributed by atoms with Crippen LogP contribution in [0, 0.1) is 0 Å². The van der Waals surface area contributed by atoms with Gasteiger partial charge >= 0.3 is 0 Å². The zero-order chi connectivity index (χ0) is 33.7. The molecule has 0 amide bonds. The Hall–Kier alpha value is -5.92. The van der Waals surface area contributed by atoms with Crippen molar-refractivity contribution in [3.8, 4) is 33.4 Å². The summed E-state index contributed by atoms with van der Waals surface area (Å²) in [4.78, 5) is 2.41. The molecule has 1 nitrogen and oxygen atoms in total. The summed E-state index contributed by atoms with van der Waals surface area (Å²) in [6.07, 6.45) is 9.19. The van der Waals surface area contributed by atoms with Crippen LogP contribution in [0.3, 0.4) is 0 Å². The summed E-state index contributed by atoms with van der Waals surface area (Å²) in [5.41, 5.74) is 16.3. The smallest absolute Gasteiger partial charge is 0.0465 e. The summed E-state index contributed by atoms with van der Waals surface area (Å²) in [5, 5.41) is 2.57. The van der Waals surface area contributed by atoms with E-state index in [1.54, 1.807) is 0 Å². The molecule has 0 radical (unpaired) electrons. The van der Waals surface area contributed by atoms with E-state index in [1.165, 1.54) is 66.4 Å². The lowest BCUT2D eigenvalue weighted by Gasteiger charge is -2.28. The van der Waals surface area contributed by atoms with Crippen LogP contribution in [0.2, 0.25) is 0 Å². The molecule has 0 unspecified atom stereocenters. The number of fused-ring (bicyclic) bond motifs is 4. The highest BCUT2D eigenvalue weighted by Crippen LogP contribution is 2.50. The summed E-state index contributed by atoms with van der Waals surface area (Å²) in [7, 11) is 0. The molecule has 0 aliphatic heterocycles. The molecule has 2 aliphatic carbocycles. The fraction of sp³-hybridized carbons (Fsp3) is 0.102. The molecule has 7 aromatic rings. The van der Waals surface area contributed by atoms with Gasteiger partial charge in [0.2, 0.25) is 0 Å². The van der Waals surface area contributed by atoms with Crippen LogP contribution >= 0.6 is 0 Å². The van der Waals surface area contributed by atoms with Crippen molar-refractivity contribution in [1.82, 2.24) is 0 Å². The second kappa shape index (κ2) is 12.2. The average Bonchev–Trinajstić information content (AvgIpc) is 3.41. The zero-order valence-electron chi connectivity index (χ0n) is 28.6. The van der Waals surface area contributed by atoms with Gasteiger partial charge in [-0.15, -0.1) is 0 Å². The van der Waals surface area contributed by atoms with E-state index in [0.717, 1.165) is 29.9 Å². The van der Waals surface area contributed by atoms with Crippen molar-refractivity contribution in [2.45, 2.75) is 32.1 Å². The first-order chi connectivity index (χ1) is 24.6. The predicted molar refractivity (Wildman–Crippen MR) is 213 cm³/mol. The maximum absolute atomic E-state index is 2.41. The third-order valence-corrected chi connectivity index (χ3v) is 10.7. The summed E-state index contributed by atoms with van der Waals surface area (Å²) >= 11 is 0. The molecule has 0 fully saturated rings. The molecule has 0 heterocycles. The number of rotatable bonds is 6. The van der Waals surface area contributed by atoms with Crippen molar-refractivity contribution < 1.29 is 0 Å². The van der Waals surface area contributed by atoms with E-state index in [9.17, 15) is 0 Å². The molecule has 0 saturated carbocycles. The Bertz CT molecular complexity index is 2430. The highest BCUT2D eigenvalue weighted by molar-refractivity contribution is 6.03. The fourth-order valence-electron chi connectivity index (χ4n) is 8.12. The summed E-state index contributed by atoms with van der Waals surface area (Å²) in [6.45, 7) is 4.71. The van der Waals surface area contributed by atoms with E-state index in [0.29, 0.717) is 0 Å². The molecule has 50 heavy (non-hydrogen) atoms. The van der Waals surface area contributed by atoms with Gasteiger partial charge in [-0.25, -0.2) is 0 Å². The minimum atomic E-state index is -0.0800. The standard InChI is InChI=1S/C49H39N/c1-49(2)46-20-12-11-19-44(46)45-32-30-41(33-47(45)49)50(39-26-21-35(22-27-39)34-13-5-3-6-14-34)40-28-23-37(24-29-40)43-31-25-36-15-9-10-18-42(36)48(43)38-16-7-4-8-17-38/h3,5-7,9-33H,4,8H2,1-2H3. The summed E-state index contributed by atoms with van der Waals surface area (Å²) in [5.74, 6) is 0. The van der Waals surface area contributed by atoms with Gasteiger partial charge in [0.15, 0.2) is 0 Å². The lowest BCUT2D eigenvalue weighted by atomic mass is 9.82. The SMILES string of the molecule is CC1(C)c2ccccc2-c2ccc(N(c3ccc(-c4ccccc4)cc3)c3ccc(-c4ccc5ccccc5c4C4=CCCC=C4)cc3)cc21. The maximum atomic E-state index is 2.41. The highest BCUT2D eigenvalue weighted by Gasteiger charge is 2.35. The van der Waals surface area contributed by atoms with Gasteiger partial charge in [0.05, 0.1) is 0 Å². The van der Waals surface area contributed by atoms with Crippen molar-refractivity contribution in [1.29, 1.82) is 0 Å². The van der Waals surface area contributed by atoms with E-state index in [1.807, 2.05) is 0 Å². The Morgan fingerprint density at radius 1 is 0.480 bits per heavy atom. The number of allylic oxidation sites excluding steroid dienone is 4. The van der Waals surface area contributed by atoms with E-state index in [2.05, 4.69) is 195 Å². The maximum Gasteiger partial charge on any atom is 0.0465 e. The summed E-state index contributed by atoms with van der Waals surface area (Å²) in [6, 6.07) is 58.0. The van der Waals surface area contributed by atoms with Crippen LogP contribution in [-0.2, 0) is 5.41 Å². The second-order valence-corrected chi connectivity index (χ2v) is 14.0. The number of hydrogen-bond donors (Lipinski definition) is 0. The lowest BCUT2D eigenvalue weighted by molar-refractivity contribution is 0.660. The molecule has 240 valence electrons. The Balaban J connectivity index is 1.17. The lowest BCUT2D eigenvalue weighted by Crippen LogP contribution is -2.16. The molecule has 1 heteroatoms. The largest absolute Gasteiger partial charge is 0.310 e. The van der Waals surface area contributed by atoms with Gasteiger partial charge in [0.1, 0.15) is 0 Å². The van der Waals surface area contributed by atoms with E-state index in [-0.39, 0.29) is 5.41 Å². The van der Waals surface area contributed by atoms with Gasteiger partial charge in [0, 0.05) is 22.5 Å². The number of hydrogen-bond acceptors (Lipinski definition) is 1. The fourth-order valence-corrected chi connectivity index (χ4v) is 8.12. The van der Waals surface area contributed by atoms with E-state index < -0.39 is 0 Å². The topological polar surface area (TPSA) is 3.24 Å². The zero-order valence-corrected chi connectivity index (χ0v) is 28.6. The van der Waals surface area contributed by atoms with E-state index >= 15 is 0 Å². The molecule has 0 atom stereocenters. The first-order valence-corrected chi connectivity index (χ1v) is 17.8. The molecular formula is C49H39N. The predicted octanol–water partition coefficient (Wildman–Crippen LogP) is 13.7. The first-order valence-electron chi connectivity index (χ1n) is 17.8. The minimum Gasteiger partial charge on any atom is -0.310 e. The van der Waals surface area contributed by atoms with Crippen LogP contribution in [-0.4, -0.2) is 0 Å². The molecule has 0 aromatic heterocycles. The molecule has 0 saturated heterocycles. The van der Waals surface area contributed by atoms with Crippen molar-refractivity contribution >= 4 is 33.4 Å². The number of anilines is 3. The molecule has 2 aliphatic rings. The second-order valence-electron chi connectivity index (χ2n) is 14.0. The molecule has 0 N–H and O–H groups in total. The van der Waals surface area contributed by atoms with Crippen LogP contribution in [0.15, 0.2) is 176 Å². The van der Waals surface area contributed by atoms with Crippen LogP contribution < -0.4 is 4.90 Å². The molecular weight excluding hydrogens is 603 g/mol. The van der Waals surface area contributed by atoms with Gasteiger partial charge in [-0.1, -0.05) is 153 Å². The quantitative estimate of drug-likeness (QED) is 0.175. The van der Waals surface area contributed by atoms with E-state index in [4.69, 9.17) is 0 Å². The third kappa shape index (κ3) is 5.09. The van der Waals surface area contributed by atoms with Gasteiger partial charge in [-0.3, -0.25) is 0 Å². The van der Waals surface area contributed by atoms with Crippen molar-refractivity contribution in [3.63, 3.8) is 0 Å². The Labute approximate surface area is 295 Å². The average molecular weight is 642 g/mol. The van der Waals surface area contributed by atoms with Crippen LogP contribution in [0.25, 0.3) is 49.7 Å². The molecule has 0 bridgehead atoms. The highest BCUT2D eigenvalue weighted by atomic mass is 15.1.